The Bertz CT molecular complexity index is 1390. The molecular weight excluding hydrogens is 507 g/mol. The normalized spacial score (nSPS) is 14.6. The monoisotopic (exact) mass is 538 g/mol. The average Bonchev–Trinajstić information content (AvgIpc) is 3.44. The van der Waals surface area contributed by atoms with Crippen molar-refractivity contribution in [3.8, 4) is 11.8 Å². The highest BCUT2D eigenvalue weighted by Crippen LogP contribution is 2.23. The van der Waals surface area contributed by atoms with Gasteiger partial charge in [-0.3, -0.25) is 14.8 Å². The number of sulfone groups is 1. The number of aliphatic hydroxyl groups is 1. The van der Waals surface area contributed by atoms with Gasteiger partial charge in [-0.25, -0.2) is 12.8 Å². The fraction of sp³-hybridized carbons (Fsp3) is 0.357. The smallest absolute Gasteiger partial charge is 0.251 e. The Hall–Kier alpha value is -3.52. The van der Waals surface area contributed by atoms with Crippen LogP contribution in [0.2, 0.25) is 0 Å². The first kappa shape index (κ1) is 27.5. The second-order valence-corrected chi connectivity index (χ2v) is 11.3. The molecule has 0 aliphatic carbocycles. The summed E-state index contributed by atoms with van der Waals surface area (Å²) in [6, 6.07) is 10.0. The molecule has 0 spiro atoms. The molecule has 1 amide bonds. The number of likely N-dealkylation sites (tertiary alicyclic amines) is 1. The number of hydrogen-bond acceptors (Lipinski definition) is 6. The summed E-state index contributed by atoms with van der Waals surface area (Å²) in [5.74, 6) is 5.10. The molecule has 1 fully saturated rings. The maximum atomic E-state index is 13.4. The number of H-pyrrole nitrogens is 1. The molecule has 2 heterocycles. The van der Waals surface area contributed by atoms with Crippen molar-refractivity contribution in [1.82, 2.24) is 20.4 Å². The van der Waals surface area contributed by atoms with Crippen molar-refractivity contribution < 1.29 is 22.7 Å². The number of carbonyl (C=O) groups excluding carboxylic acids is 1. The van der Waals surface area contributed by atoms with E-state index in [1.165, 1.54) is 42.5 Å². The van der Waals surface area contributed by atoms with E-state index in [9.17, 15) is 22.7 Å². The van der Waals surface area contributed by atoms with Gasteiger partial charge < -0.3 is 10.4 Å². The van der Waals surface area contributed by atoms with Crippen molar-refractivity contribution in [2.45, 2.75) is 30.6 Å². The summed E-state index contributed by atoms with van der Waals surface area (Å²) in [5.41, 5.74) is 2.09. The standard InChI is InChI=1S/C28H31FN4O4S/c29-26-8-4-21(5-9-26)3-6-24-16-25(28(35)30-13-1-2-23-17-31-32-18-23)7-10-27(24)38(36,37)20-33-14-11-22(19-34)12-15-33/h4-5,7-10,16-18,22,34H,1-2,11-15,19-20H2,(H,30,35)(H,31,32). The van der Waals surface area contributed by atoms with Crippen LogP contribution in [-0.2, 0) is 16.3 Å². The number of halogens is 1. The molecule has 1 aliphatic heterocycles. The molecule has 0 unspecified atom stereocenters. The van der Waals surface area contributed by atoms with Gasteiger partial charge in [0.2, 0.25) is 0 Å². The Kier molecular flexibility index (Phi) is 9.29. The van der Waals surface area contributed by atoms with Crippen LogP contribution in [0.1, 0.15) is 46.3 Å². The minimum absolute atomic E-state index is 0.0490. The number of nitrogens with zero attached hydrogens (tertiary/aromatic N) is 2. The molecule has 38 heavy (non-hydrogen) atoms. The number of aromatic nitrogens is 2. The first-order valence-corrected chi connectivity index (χ1v) is 14.2. The number of amides is 1. The van der Waals surface area contributed by atoms with Crippen LogP contribution in [0.4, 0.5) is 4.39 Å². The largest absolute Gasteiger partial charge is 0.396 e. The van der Waals surface area contributed by atoms with Crippen LogP contribution in [-0.4, -0.2) is 66.6 Å². The van der Waals surface area contributed by atoms with Gasteiger partial charge in [0.1, 0.15) is 11.7 Å². The zero-order valence-corrected chi connectivity index (χ0v) is 21.8. The predicted molar refractivity (Wildman–Crippen MR) is 141 cm³/mol. The Balaban J connectivity index is 1.53. The number of carbonyl (C=O) groups is 1. The van der Waals surface area contributed by atoms with Crippen molar-refractivity contribution in [3.63, 3.8) is 0 Å². The first-order valence-electron chi connectivity index (χ1n) is 12.6. The molecule has 1 saturated heterocycles. The molecule has 2 aromatic carbocycles. The number of aryl methyl sites for hydroxylation is 1. The Morgan fingerprint density at radius 1 is 1.16 bits per heavy atom. The zero-order valence-electron chi connectivity index (χ0n) is 21.0. The number of rotatable bonds is 9. The molecule has 1 aromatic heterocycles. The van der Waals surface area contributed by atoms with E-state index in [1.54, 1.807) is 6.20 Å². The molecule has 0 saturated carbocycles. The van der Waals surface area contributed by atoms with Crippen molar-refractivity contribution in [3.05, 3.63) is 82.9 Å². The van der Waals surface area contributed by atoms with Crippen LogP contribution in [0.15, 0.2) is 59.8 Å². The SMILES string of the molecule is O=C(NCCCc1cn[nH]c1)c1ccc(S(=O)(=O)CN2CCC(CO)CC2)c(C#Cc2ccc(F)cc2)c1. The van der Waals surface area contributed by atoms with E-state index in [4.69, 9.17) is 0 Å². The highest BCUT2D eigenvalue weighted by molar-refractivity contribution is 7.91. The second-order valence-electron chi connectivity index (χ2n) is 9.42. The molecule has 0 atom stereocenters. The summed E-state index contributed by atoms with van der Waals surface area (Å²) in [6.07, 6.45) is 6.51. The summed E-state index contributed by atoms with van der Waals surface area (Å²) in [7, 11) is -3.75. The number of nitrogens with one attached hydrogen (secondary N) is 2. The quantitative estimate of drug-likeness (QED) is 0.285. The summed E-state index contributed by atoms with van der Waals surface area (Å²) in [4.78, 5) is 14.7. The molecule has 200 valence electrons. The highest BCUT2D eigenvalue weighted by Gasteiger charge is 2.26. The fourth-order valence-electron chi connectivity index (χ4n) is 4.33. The van der Waals surface area contributed by atoms with Gasteiger partial charge in [-0.1, -0.05) is 11.8 Å². The Labute approximate surface area is 222 Å². The number of benzene rings is 2. The lowest BCUT2D eigenvalue weighted by atomic mass is 9.98. The summed E-state index contributed by atoms with van der Waals surface area (Å²) in [6.45, 7) is 1.72. The van der Waals surface area contributed by atoms with E-state index in [2.05, 4.69) is 27.4 Å². The van der Waals surface area contributed by atoms with Gasteiger partial charge in [0.05, 0.1) is 11.1 Å². The van der Waals surface area contributed by atoms with E-state index < -0.39 is 15.7 Å². The molecule has 8 nitrogen and oxygen atoms in total. The molecular formula is C28H31FN4O4S. The van der Waals surface area contributed by atoms with Gasteiger partial charge in [-0.2, -0.15) is 5.10 Å². The van der Waals surface area contributed by atoms with E-state index in [0.29, 0.717) is 30.8 Å². The van der Waals surface area contributed by atoms with Crippen LogP contribution in [0, 0.1) is 23.6 Å². The van der Waals surface area contributed by atoms with Gasteiger partial charge in [0.15, 0.2) is 9.84 Å². The van der Waals surface area contributed by atoms with Crippen LogP contribution < -0.4 is 5.32 Å². The van der Waals surface area contributed by atoms with Crippen molar-refractivity contribution in [2.24, 2.45) is 5.92 Å². The Morgan fingerprint density at radius 2 is 1.92 bits per heavy atom. The van der Waals surface area contributed by atoms with Crippen molar-refractivity contribution >= 4 is 15.7 Å². The van der Waals surface area contributed by atoms with Crippen LogP contribution in [0.25, 0.3) is 0 Å². The maximum absolute atomic E-state index is 13.4. The van der Waals surface area contributed by atoms with Gasteiger partial charge in [-0.05, 0) is 92.7 Å². The predicted octanol–water partition coefficient (Wildman–Crippen LogP) is 2.75. The molecule has 1 aliphatic rings. The number of hydrogen-bond donors (Lipinski definition) is 3. The lowest BCUT2D eigenvalue weighted by Gasteiger charge is -2.30. The summed E-state index contributed by atoms with van der Waals surface area (Å²) >= 11 is 0. The lowest BCUT2D eigenvalue weighted by Crippen LogP contribution is -2.38. The third-order valence-corrected chi connectivity index (χ3v) is 8.29. The average molecular weight is 539 g/mol. The third-order valence-electron chi connectivity index (χ3n) is 6.56. The number of aromatic amines is 1. The van der Waals surface area contributed by atoms with Crippen LogP contribution >= 0.6 is 0 Å². The van der Waals surface area contributed by atoms with Gasteiger partial charge >= 0.3 is 0 Å². The van der Waals surface area contributed by atoms with Gasteiger partial charge in [0.25, 0.3) is 5.91 Å². The van der Waals surface area contributed by atoms with Crippen LogP contribution in [0.5, 0.6) is 0 Å². The topological polar surface area (TPSA) is 115 Å². The molecule has 10 heteroatoms. The number of aliphatic hydroxyl groups excluding tert-OH is 1. The minimum Gasteiger partial charge on any atom is -0.396 e. The summed E-state index contributed by atoms with van der Waals surface area (Å²) in [5, 5.41) is 18.9. The molecule has 0 bridgehead atoms. The second kappa shape index (κ2) is 12.8. The lowest BCUT2D eigenvalue weighted by molar-refractivity contribution is 0.0953. The third kappa shape index (κ3) is 7.51. The first-order chi connectivity index (χ1) is 18.3. The minimum atomic E-state index is -3.75. The van der Waals surface area contributed by atoms with Crippen molar-refractivity contribution in [1.29, 1.82) is 0 Å². The van der Waals surface area contributed by atoms with Crippen molar-refractivity contribution in [2.75, 3.05) is 32.1 Å². The fourth-order valence-corrected chi connectivity index (χ4v) is 5.93. The van der Waals surface area contributed by atoms with E-state index in [0.717, 1.165) is 31.2 Å². The molecule has 3 aromatic rings. The van der Waals surface area contributed by atoms with E-state index in [-0.39, 0.29) is 34.8 Å². The molecule has 4 rings (SSSR count). The van der Waals surface area contributed by atoms with Crippen LogP contribution in [0.3, 0.4) is 0 Å². The molecule has 0 radical (unpaired) electrons. The summed E-state index contributed by atoms with van der Waals surface area (Å²) < 4.78 is 40.1. The highest BCUT2D eigenvalue weighted by atomic mass is 32.2. The maximum Gasteiger partial charge on any atom is 0.251 e. The van der Waals surface area contributed by atoms with E-state index in [1.807, 2.05) is 11.1 Å². The van der Waals surface area contributed by atoms with E-state index >= 15 is 0 Å². The van der Waals surface area contributed by atoms with Gasteiger partial charge in [-0.15, -0.1) is 0 Å². The molecule has 3 N–H and O–H groups in total. The Morgan fingerprint density at radius 3 is 2.61 bits per heavy atom. The number of piperidine rings is 1. The zero-order chi connectivity index (χ0) is 27.0. The van der Waals surface area contributed by atoms with Gasteiger partial charge in [0, 0.05) is 36.0 Å².